The second-order valence-electron chi connectivity index (χ2n) is 3.59. The quantitative estimate of drug-likeness (QED) is 0.605. The molecule has 0 amide bonds. The van der Waals surface area contributed by atoms with Crippen molar-refractivity contribution in [3.05, 3.63) is 22.7 Å². The number of nitrogens with zero attached hydrogens (tertiary/aromatic N) is 2. The molecule has 0 aliphatic heterocycles. The fourth-order valence-corrected chi connectivity index (χ4v) is 1.65. The van der Waals surface area contributed by atoms with Crippen molar-refractivity contribution in [3.8, 4) is 0 Å². The molecule has 0 saturated carbocycles. The van der Waals surface area contributed by atoms with Crippen molar-refractivity contribution in [2.24, 2.45) is 0 Å². The van der Waals surface area contributed by atoms with Crippen LogP contribution in [0.5, 0.6) is 0 Å². The summed E-state index contributed by atoms with van der Waals surface area (Å²) >= 11 is 5.94. The van der Waals surface area contributed by atoms with Crippen molar-refractivity contribution < 1.29 is 19.1 Å². The van der Waals surface area contributed by atoms with E-state index in [0.29, 0.717) is 5.82 Å². The standard InChI is InChI=1S/C12H15ClN2O4/c1-4-18-11(16)9(12(17)19-5-2)10-8(13)6-14-7(3)15-10/h6,9H,4-5H2,1-3H3. The Labute approximate surface area is 116 Å². The van der Waals surface area contributed by atoms with Gasteiger partial charge in [-0.3, -0.25) is 9.59 Å². The summed E-state index contributed by atoms with van der Waals surface area (Å²) in [6.07, 6.45) is 1.34. The molecule has 0 N–H and O–H groups in total. The molecule has 0 atom stereocenters. The predicted molar refractivity (Wildman–Crippen MR) is 67.8 cm³/mol. The molecule has 19 heavy (non-hydrogen) atoms. The largest absolute Gasteiger partial charge is 0.465 e. The normalized spacial score (nSPS) is 10.4. The van der Waals surface area contributed by atoms with E-state index in [0.717, 1.165) is 0 Å². The van der Waals surface area contributed by atoms with Crippen LogP contribution in [0, 0.1) is 6.92 Å². The molecule has 0 bridgehead atoms. The number of aryl methyl sites for hydroxylation is 1. The van der Waals surface area contributed by atoms with Crippen molar-refractivity contribution in [2.45, 2.75) is 26.7 Å². The summed E-state index contributed by atoms with van der Waals surface area (Å²) in [5.74, 6) is -2.35. The van der Waals surface area contributed by atoms with E-state index >= 15 is 0 Å². The van der Waals surface area contributed by atoms with Crippen molar-refractivity contribution >= 4 is 23.5 Å². The summed E-state index contributed by atoms with van der Waals surface area (Å²) < 4.78 is 9.72. The fourth-order valence-electron chi connectivity index (χ4n) is 1.45. The van der Waals surface area contributed by atoms with Crippen LogP contribution in [0.3, 0.4) is 0 Å². The number of esters is 2. The van der Waals surface area contributed by atoms with Gasteiger partial charge in [0.15, 0.2) is 5.92 Å². The number of aromatic nitrogens is 2. The molecule has 1 aromatic rings. The molecule has 1 aromatic heterocycles. The van der Waals surface area contributed by atoms with E-state index in [4.69, 9.17) is 21.1 Å². The zero-order valence-corrected chi connectivity index (χ0v) is 11.7. The molecule has 0 saturated heterocycles. The highest BCUT2D eigenvalue weighted by molar-refractivity contribution is 6.31. The Morgan fingerprint density at radius 1 is 1.26 bits per heavy atom. The summed E-state index contributed by atoms with van der Waals surface area (Å²) in [5.41, 5.74) is 0.103. The molecule has 6 nitrogen and oxygen atoms in total. The van der Waals surface area contributed by atoms with Crippen LogP contribution < -0.4 is 0 Å². The van der Waals surface area contributed by atoms with Gasteiger partial charge in [0.05, 0.1) is 23.9 Å². The third-order valence-electron chi connectivity index (χ3n) is 2.21. The highest BCUT2D eigenvalue weighted by Crippen LogP contribution is 2.24. The monoisotopic (exact) mass is 286 g/mol. The van der Waals surface area contributed by atoms with Gasteiger partial charge in [0, 0.05) is 6.20 Å². The zero-order valence-electron chi connectivity index (χ0n) is 11.0. The molecule has 1 heterocycles. The number of hydrogen-bond donors (Lipinski definition) is 0. The van der Waals surface area contributed by atoms with Crippen molar-refractivity contribution in [1.82, 2.24) is 9.97 Å². The minimum absolute atomic E-state index is 0.103. The molecule has 7 heteroatoms. The first-order valence-electron chi connectivity index (χ1n) is 5.83. The summed E-state index contributed by atoms with van der Waals surface area (Å²) in [5, 5.41) is 0.122. The summed E-state index contributed by atoms with van der Waals surface area (Å²) in [4.78, 5) is 31.7. The smallest absolute Gasteiger partial charge is 0.326 e. The van der Waals surface area contributed by atoms with E-state index < -0.39 is 17.9 Å². The third-order valence-corrected chi connectivity index (χ3v) is 2.50. The lowest BCUT2D eigenvalue weighted by Crippen LogP contribution is -2.27. The average molecular weight is 287 g/mol. The Morgan fingerprint density at radius 3 is 2.26 bits per heavy atom. The van der Waals surface area contributed by atoms with Crippen LogP contribution >= 0.6 is 11.6 Å². The van der Waals surface area contributed by atoms with E-state index in [1.54, 1.807) is 20.8 Å². The molecule has 0 radical (unpaired) electrons. The Balaban J connectivity index is 3.18. The number of carbonyl (C=O) groups excluding carboxylic acids is 2. The molecule has 0 unspecified atom stereocenters. The van der Waals surface area contributed by atoms with E-state index in [1.807, 2.05) is 0 Å². The first-order chi connectivity index (χ1) is 9.01. The summed E-state index contributed by atoms with van der Waals surface area (Å²) in [6.45, 7) is 5.22. The van der Waals surface area contributed by atoms with Crippen LogP contribution in [0.2, 0.25) is 5.02 Å². The summed E-state index contributed by atoms with van der Waals surface area (Å²) in [7, 11) is 0. The fraction of sp³-hybridized carbons (Fsp3) is 0.500. The molecule has 104 valence electrons. The highest BCUT2D eigenvalue weighted by Gasteiger charge is 2.34. The zero-order chi connectivity index (χ0) is 14.4. The van der Waals surface area contributed by atoms with Gasteiger partial charge in [-0.05, 0) is 20.8 Å². The molecule has 0 aliphatic rings. The molecule has 0 aliphatic carbocycles. The van der Waals surface area contributed by atoms with Crippen LogP contribution in [0.15, 0.2) is 6.20 Å². The summed E-state index contributed by atoms with van der Waals surface area (Å²) in [6, 6.07) is 0. The van der Waals surface area contributed by atoms with Gasteiger partial charge < -0.3 is 9.47 Å². The lowest BCUT2D eigenvalue weighted by molar-refractivity contribution is -0.157. The maximum atomic E-state index is 11.9. The van der Waals surface area contributed by atoms with E-state index in [9.17, 15) is 9.59 Å². The minimum atomic E-state index is -1.28. The van der Waals surface area contributed by atoms with Gasteiger partial charge in [-0.25, -0.2) is 9.97 Å². The van der Waals surface area contributed by atoms with Crippen molar-refractivity contribution in [3.63, 3.8) is 0 Å². The lowest BCUT2D eigenvalue weighted by Gasteiger charge is -2.15. The minimum Gasteiger partial charge on any atom is -0.465 e. The lowest BCUT2D eigenvalue weighted by atomic mass is 10.1. The number of carbonyl (C=O) groups is 2. The second-order valence-corrected chi connectivity index (χ2v) is 3.99. The molecular formula is C12H15ClN2O4. The number of rotatable bonds is 5. The van der Waals surface area contributed by atoms with Crippen molar-refractivity contribution in [2.75, 3.05) is 13.2 Å². The van der Waals surface area contributed by atoms with Gasteiger partial charge in [-0.15, -0.1) is 0 Å². The third kappa shape index (κ3) is 3.89. The maximum absolute atomic E-state index is 11.9. The van der Waals surface area contributed by atoms with E-state index in [2.05, 4.69) is 9.97 Å². The van der Waals surface area contributed by atoms with Crippen LogP contribution in [-0.2, 0) is 19.1 Å². The first kappa shape index (κ1) is 15.4. The molecule has 1 rings (SSSR count). The van der Waals surface area contributed by atoms with Crippen LogP contribution in [0.1, 0.15) is 31.3 Å². The highest BCUT2D eigenvalue weighted by atomic mass is 35.5. The van der Waals surface area contributed by atoms with Gasteiger partial charge in [0.25, 0.3) is 0 Å². The molecular weight excluding hydrogens is 272 g/mol. The van der Waals surface area contributed by atoms with E-state index in [1.165, 1.54) is 6.20 Å². The number of halogens is 1. The van der Waals surface area contributed by atoms with Gasteiger partial charge in [-0.2, -0.15) is 0 Å². The predicted octanol–water partition coefficient (Wildman–Crippen LogP) is 1.65. The Kier molecular flexibility index (Phi) is 5.69. The van der Waals surface area contributed by atoms with Gasteiger partial charge >= 0.3 is 11.9 Å². The van der Waals surface area contributed by atoms with Crippen molar-refractivity contribution in [1.29, 1.82) is 0 Å². The number of ether oxygens (including phenoxy) is 2. The van der Waals surface area contributed by atoms with Crippen LogP contribution in [0.4, 0.5) is 0 Å². The van der Waals surface area contributed by atoms with E-state index in [-0.39, 0.29) is 23.9 Å². The second kappa shape index (κ2) is 7.04. The Bertz CT molecular complexity index is 461. The van der Waals surface area contributed by atoms with Crippen LogP contribution in [-0.4, -0.2) is 35.1 Å². The molecule has 0 aromatic carbocycles. The first-order valence-corrected chi connectivity index (χ1v) is 6.21. The Hall–Kier alpha value is -1.69. The van der Waals surface area contributed by atoms with Gasteiger partial charge in [-0.1, -0.05) is 11.6 Å². The average Bonchev–Trinajstić information content (AvgIpc) is 2.34. The Morgan fingerprint density at radius 2 is 1.79 bits per heavy atom. The molecule has 0 fully saturated rings. The van der Waals surface area contributed by atoms with Gasteiger partial charge in [0.2, 0.25) is 0 Å². The van der Waals surface area contributed by atoms with Gasteiger partial charge in [0.1, 0.15) is 5.82 Å². The van der Waals surface area contributed by atoms with Crippen LogP contribution in [0.25, 0.3) is 0 Å². The SMILES string of the molecule is CCOC(=O)C(C(=O)OCC)c1nc(C)ncc1Cl. The molecule has 0 spiro atoms. The topological polar surface area (TPSA) is 78.4 Å². The number of hydrogen-bond acceptors (Lipinski definition) is 6. The maximum Gasteiger partial charge on any atom is 0.326 e.